The fourth-order valence-electron chi connectivity index (χ4n) is 3.21. The zero-order chi connectivity index (χ0) is 18.4. The summed E-state index contributed by atoms with van der Waals surface area (Å²) in [7, 11) is -3.53. The van der Waals surface area contributed by atoms with Gasteiger partial charge in [-0.15, -0.1) is 0 Å². The normalized spacial score (nSPS) is 22.3. The number of nitrogens with zero attached hydrogens (tertiary/aromatic N) is 2. The summed E-state index contributed by atoms with van der Waals surface area (Å²) in [4.78, 5) is 18.4. The van der Waals surface area contributed by atoms with E-state index in [2.05, 4.69) is 9.71 Å². The van der Waals surface area contributed by atoms with Gasteiger partial charge in [0.05, 0.1) is 30.7 Å². The van der Waals surface area contributed by atoms with Crippen LogP contribution in [0.3, 0.4) is 0 Å². The first-order valence-corrected chi connectivity index (χ1v) is 10.5. The molecule has 0 aromatic carbocycles. The number of aromatic nitrogens is 1. The average Bonchev–Trinajstić information content (AvgIpc) is 2.67. The Bertz CT molecular complexity index is 692. The number of rotatable bonds is 6. The summed E-state index contributed by atoms with van der Waals surface area (Å²) < 4.78 is 38.0. The van der Waals surface area contributed by atoms with Crippen molar-refractivity contribution in [1.29, 1.82) is 0 Å². The van der Waals surface area contributed by atoms with Crippen LogP contribution in [0.4, 0.5) is 0 Å². The molecule has 3 rings (SSSR count). The molecule has 3 heterocycles. The van der Waals surface area contributed by atoms with Crippen LogP contribution < -0.4 is 4.72 Å². The number of hydrogen-bond donors (Lipinski definition) is 1. The minimum absolute atomic E-state index is 0.0265. The lowest BCUT2D eigenvalue weighted by molar-refractivity contribution is -0.145. The quantitative estimate of drug-likeness (QED) is 0.751. The minimum Gasteiger partial charge on any atom is -0.381 e. The molecule has 9 heteroatoms. The van der Waals surface area contributed by atoms with Crippen molar-refractivity contribution in [3.63, 3.8) is 0 Å². The molecule has 1 aromatic rings. The molecular formula is C17H25N3O5S. The van der Waals surface area contributed by atoms with E-state index < -0.39 is 16.1 Å². The van der Waals surface area contributed by atoms with Crippen LogP contribution in [0, 0.1) is 5.92 Å². The highest BCUT2D eigenvalue weighted by Gasteiger charge is 2.32. The molecular weight excluding hydrogens is 358 g/mol. The predicted molar refractivity (Wildman–Crippen MR) is 94.7 cm³/mol. The van der Waals surface area contributed by atoms with Crippen LogP contribution in [-0.4, -0.2) is 69.0 Å². The van der Waals surface area contributed by atoms with Gasteiger partial charge in [0.1, 0.15) is 0 Å². The summed E-state index contributed by atoms with van der Waals surface area (Å²) in [6.07, 6.45) is 2.55. The molecule has 2 fully saturated rings. The van der Waals surface area contributed by atoms with Crippen molar-refractivity contribution in [2.75, 3.05) is 38.7 Å². The largest absolute Gasteiger partial charge is 0.381 e. The van der Waals surface area contributed by atoms with Crippen molar-refractivity contribution in [2.45, 2.75) is 25.5 Å². The van der Waals surface area contributed by atoms with E-state index in [-0.39, 0.29) is 24.1 Å². The number of carbonyl (C=O) groups excluding carboxylic acids is 1. The Labute approximate surface area is 153 Å². The Morgan fingerprint density at radius 2 is 2.08 bits per heavy atom. The molecule has 1 aromatic heterocycles. The summed E-state index contributed by atoms with van der Waals surface area (Å²) in [5.41, 5.74) is 0.650. The molecule has 26 heavy (non-hydrogen) atoms. The van der Waals surface area contributed by atoms with Gasteiger partial charge in [-0.1, -0.05) is 6.07 Å². The number of nitrogens with one attached hydrogen (secondary N) is 1. The van der Waals surface area contributed by atoms with Crippen molar-refractivity contribution in [1.82, 2.24) is 14.6 Å². The second-order valence-corrected chi connectivity index (χ2v) is 8.44. The van der Waals surface area contributed by atoms with E-state index in [0.717, 1.165) is 12.8 Å². The molecule has 0 saturated carbocycles. The van der Waals surface area contributed by atoms with Gasteiger partial charge in [-0.3, -0.25) is 9.78 Å². The molecule has 0 bridgehead atoms. The smallest absolute Gasteiger partial charge is 0.226 e. The highest BCUT2D eigenvalue weighted by atomic mass is 32.2. The standard InChI is InChI=1S/C17H25N3O5S/c21-17(14-4-8-24-9-5-14)20-7-10-25-16(12-20)13-26(22,23)19-11-15-3-1-2-6-18-15/h1-3,6,14,16,19H,4-5,7-13H2. The Morgan fingerprint density at radius 1 is 1.27 bits per heavy atom. The van der Waals surface area contributed by atoms with Gasteiger partial charge in [0.15, 0.2) is 0 Å². The van der Waals surface area contributed by atoms with Gasteiger partial charge in [0.25, 0.3) is 0 Å². The zero-order valence-electron chi connectivity index (χ0n) is 14.7. The summed E-state index contributed by atoms with van der Waals surface area (Å²) in [5, 5.41) is 0. The maximum absolute atomic E-state index is 12.6. The lowest BCUT2D eigenvalue weighted by Crippen LogP contribution is -2.51. The van der Waals surface area contributed by atoms with Crippen LogP contribution in [0.25, 0.3) is 0 Å². The topological polar surface area (TPSA) is 97.8 Å². The summed E-state index contributed by atoms with van der Waals surface area (Å²) >= 11 is 0. The number of sulfonamides is 1. The molecule has 144 valence electrons. The van der Waals surface area contributed by atoms with Crippen molar-refractivity contribution in [3.8, 4) is 0 Å². The monoisotopic (exact) mass is 383 g/mol. The second kappa shape index (κ2) is 8.90. The van der Waals surface area contributed by atoms with E-state index in [9.17, 15) is 13.2 Å². The molecule has 0 radical (unpaired) electrons. The Morgan fingerprint density at radius 3 is 2.81 bits per heavy atom. The average molecular weight is 383 g/mol. The SMILES string of the molecule is O=C(C1CCOCC1)N1CCOC(CS(=O)(=O)NCc2ccccn2)C1. The first-order chi connectivity index (χ1) is 12.5. The summed E-state index contributed by atoms with van der Waals surface area (Å²) in [6.45, 7) is 2.52. The third-order valence-electron chi connectivity index (χ3n) is 4.63. The summed E-state index contributed by atoms with van der Waals surface area (Å²) in [5.74, 6) is -0.112. The number of carbonyl (C=O) groups is 1. The van der Waals surface area contributed by atoms with Crippen molar-refractivity contribution >= 4 is 15.9 Å². The van der Waals surface area contributed by atoms with Crippen LogP contribution in [0.15, 0.2) is 24.4 Å². The lowest BCUT2D eigenvalue weighted by Gasteiger charge is -2.35. The minimum atomic E-state index is -3.53. The third kappa shape index (κ3) is 5.47. The van der Waals surface area contributed by atoms with Gasteiger partial charge in [0.2, 0.25) is 15.9 Å². The molecule has 1 amide bonds. The molecule has 2 aliphatic rings. The van der Waals surface area contributed by atoms with Gasteiger partial charge >= 0.3 is 0 Å². The number of morpholine rings is 1. The van der Waals surface area contributed by atoms with Crippen molar-refractivity contribution in [2.24, 2.45) is 5.92 Å². The van der Waals surface area contributed by atoms with Crippen molar-refractivity contribution < 1.29 is 22.7 Å². The molecule has 2 aliphatic heterocycles. The number of ether oxygens (including phenoxy) is 2. The molecule has 1 N–H and O–H groups in total. The maximum atomic E-state index is 12.6. The first kappa shape index (κ1) is 19.2. The predicted octanol–water partition coefficient (Wildman–Crippen LogP) is 0.155. The molecule has 1 atom stereocenters. The number of hydrogen-bond acceptors (Lipinski definition) is 6. The van der Waals surface area contributed by atoms with E-state index in [1.165, 1.54) is 0 Å². The van der Waals surface area contributed by atoms with Gasteiger partial charge in [-0.25, -0.2) is 13.1 Å². The third-order valence-corrected chi connectivity index (χ3v) is 6.02. The summed E-state index contributed by atoms with van der Waals surface area (Å²) in [6, 6.07) is 5.34. The number of amides is 1. The van der Waals surface area contributed by atoms with E-state index in [1.807, 2.05) is 0 Å². The first-order valence-electron chi connectivity index (χ1n) is 8.89. The van der Waals surface area contributed by atoms with E-state index in [4.69, 9.17) is 9.47 Å². The van der Waals surface area contributed by atoms with Gasteiger partial charge in [-0.2, -0.15) is 0 Å². The van der Waals surface area contributed by atoms with E-state index in [1.54, 1.807) is 29.3 Å². The molecule has 0 spiro atoms. The van der Waals surface area contributed by atoms with E-state index >= 15 is 0 Å². The van der Waals surface area contributed by atoms with Crippen molar-refractivity contribution in [3.05, 3.63) is 30.1 Å². The van der Waals surface area contributed by atoms with Gasteiger partial charge in [0, 0.05) is 38.4 Å². The van der Waals surface area contributed by atoms with E-state index in [0.29, 0.717) is 38.6 Å². The molecule has 2 saturated heterocycles. The molecule has 8 nitrogen and oxygen atoms in total. The lowest BCUT2D eigenvalue weighted by atomic mass is 9.98. The second-order valence-electron chi connectivity index (χ2n) is 6.59. The van der Waals surface area contributed by atoms with Crippen LogP contribution in [0.5, 0.6) is 0 Å². The zero-order valence-corrected chi connectivity index (χ0v) is 15.5. The fraction of sp³-hybridized carbons (Fsp3) is 0.647. The highest BCUT2D eigenvalue weighted by Crippen LogP contribution is 2.19. The van der Waals surface area contributed by atoms with Crippen LogP contribution in [0.2, 0.25) is 0 Å². The molecule has 1 unspecified atom stereocenters. The van der Waals surface area contributed by atoms with Crippen LogP contribution in [0.1, 0.15) is 18.5 Å². The maximum Gasteiger partial charge on any atom is 0.226 e. The Hall–Kier alpha value is -1.55. The Kier molecular flexibility index (Phi) is 6.58. The fourth-order valence-corrected chi connectivity index (χ4v) is 4.39. The molecule has 0 aliphatic carbocycles. The van der Waals surface area contributed by atoms with Gasteiger partial charge in [-0.05, 0) is 25.0 Å². The van der Waals surface area contributed by atoms with Gasteiger partial charge < -0.3 is 14.4 Å². The highest BCUT2D eigenvalue weighted by molar-refractivity contribution is 7.89. The Balaban J connectivity index is 1.51. The number of pyridine rings is 1. The van der Waals surface area contributed by atoms with Crippen LogP contribution in [-0.2, 0) is 30.8 Å². The van der Waals surface area contributed by atoms with Crippen LogP contribution >= 0.6 is 0 Å².